The first kappa shape index (κ1) is 19.6. The van der Waals surface area contributed by atoms with E-state index in [0.717, 1.165) is 50.4 Å². The highest BCUT2D eigenvalue weighted by Gasteiger charge is 2.21. The zero-order valence-corrected chi connectivity index (χ0v) is 16.9. The zero-order valence-electron chi connectivity index (χ0n) is 16.1. The molecule has 0 bridgehead atoms. The molecule has 2 aromatic rings. The molecule has 0 spiro atoms. The lowest BCUT2D eigenvalue weighted by Crippen LogP contribution is -2.39. The second-order valence-electron chi connectivity index (χ2n) is 6.85. The highest BCUT2D eigenvalue weighted by atomic mass is 32.1. The van der Waals surface area contributed by atoms with Crippen LogP contribution in [0, 0.1) is 0 Å². The van der Waals surface area contributed by atoms with Gasteiger partial charge in [-0.2, -0.15) is 0 Å². The fourth-order valence-corrected chi connectivity index (χ4v) is 3.51. The maximum atomic E-state index is 5.85. The third-order valence-corrected chi connectivity index (χ3v) is 5.22. The number of aryl methyl sites for hydroxylation is 1. The molecule has 0 radical (unpaired) electrons. The van der Waals surface area contributed by atoms with E-state index in [2.05, 4.69) is 41.4 Å². The van der Waals surface area contributed by atoms with Gasteiger partial charge in [-0.3, -0.25) is 0 Å². The Morgan fingerprint density at radius 3 is 2.67 bits per heavy atom. The second kappa shape index (κ2) is 9.72. The second-order valence-corrected chi connectivity index (χ2v) is 7.23. The number of nitrogens with one attached hydrogen (secondary N) is 1. The Morgan fingerprint density at radius 1 is 1.22 bits per heavy atom. The van der Waals surface area contributed by atoms with E-state index in [9.17, 15) is 0 Å². The van der Waals surface area contributed by atoms with Crippen LogP contribution in [0.3, 0.4) is 0 Å². The van der Waals surface area contributed by atoms with Gasteiger partial charge in [0.2, 0.25) is 0 Å². The zero-order chi connectivity index (χ0) is 19.1. The minimum atomic E-state index is 0.241. The number of hydrogen-bond donors (Lipinski definition) is 1. The summed E-state index contributed by atoms with van der Waals surface area (Å²) in [5.74, 6) is 0.809. The van der Waals surface area contributed by atoms with E-state index in [1.807, 2.05) is 24.3 Å². The maximum absolute atomic E-state index is 5.85. The van der Waals surface area contributed by atoms with Crippen LogP contribution in [0.5, 0.6) is 5.75 Å². The summed E-state index contributed by atoms with van der Waals surface area (Å²) in [5, 5.41) is 4.06. The molecule has 0 aromatic heterocycles. The van der Waals surface area contributed by atoms with Gasteiger partial charge in [-0.05, 0) is 54.7 Å². The van der Waals surface area contributed by atoms with E-state index in [1.54, 1.807) is 7.11 Å². The summed E-state index contributed by atoms with van der Waals surface area (Å²) in [5.41, 5.74) is 3.53. The van der Waals surface area contributed by atoms with Gasteiger partial charge in [-0.1, -0.05) is 37.3 Å². The van der Waals surface area contributed by atoms with Crippen molar-refractivity contribution < 1.29 is 9.47 Å². The number of rotatable bonds is 7. The number of nitrogens with zero attached hydrogens (tertiary/aromatic N) is 1. The lowest BCUT2D eigenvalue weighted by molar-refractivity contribution is 0.0905. The van der Waals surface area contributed by atoms with E-state index in [-0.39, 0.29) is 6.10 Å². The van der Waals surface area contributed by atoms with Crippen molar-refractivity contribution in [3.8, 4) is 5.75 Å². The summed E-state index contributed by atoms with van der Waals surface area (Å²) in [6.07, 6.45) is 3.51. The molecule has 1 aliphatic heterocycles. The van der Waals surface area contributed by atoms with Crippen molar-refractivity contribution in [2.75, 3.05) is 25.6 Å². The van der Waals surface area contributed by atoms with Crippen molar-refractivity contribution in [1.29, 1.82) is 0 Å². The smallest absolute Gasteiger partial charge is 0.173 e. The molecule has 1 heterocycles. The number of thiocarbonyl (C=S) groups is 1. The number of anilines is 1. The largest absolute Gasteiger partial charge is 0.497 e. The average Bonchev–Trinajstić information content (AvgIpc) is 3.21. The third kappa shape index (κ3) is 5.68. The average molecular weight is 385 g/mol. The summed E-state index contributed by atoms with van der Waals surface area (Å²) >= 11 is 5.74. The first-order valence-electron chi connectivity index (χ1n) is 9.57. The van der Waals surface area contributed by atoms with Crippen molar-refractivity contribution in [3.05, 3.63) is 59.7 Å². The highest BCUT2D eigenvalue weighted by Crippen LogP contribution is 2.20. The monoisotopic (exact) mass is 384 g/mol. The van der Waals surface area contributed by atoms with Crippen LogP contribution < -0.4 is 10.1 Å². The number of ether oxygens (including phenoxy) is 2. The summed E-state index contributed by atoms with van der Waals surface area (Å²) in [7, 11) is 1.67. The predicted molar refractivity (Wildman–Crippen MR) is 114 cm³/mol. The van der Waals surface area contributed by atoms with Crippen LogP contribution in [0.2, 0.25) is 0 Å². The first-order valence-corrected chi connectivity index (χ1v) is 9.98. The molecule has 1 fully saturated rings. The van der Waals surface area contributed by atoms with E-state index in [4.69, 9.17) is 21.7 Å². The van der Waals surface area contributed by atoms with Crippen LogP contribution in [0.1, 0.15) is 30.9 Å². The molecule has 1 saturated heterocycles. The van der Waals surface area contributed by atoms with Gasteiger partial charge in [0.05, 0.1) is 13.2 Å². The van der Waals surface area contributed by atoms with E-state index in [1.165, 1.54) is 11.1 Å². The number of methoxy groups -OCH3 is 1. The Labute approximate surface area is 167 Å². The minimum absolute atomic E-state index is 0.241. The van der Waals surface area contributed by atoms with Gasteiger partial charge in [-0.15, -0.1) is 0 Å². The summed E-state index contributed by atoms with van der Waals surface area (Å²) in [6, 6.07) is 16.6. The molecule has 0 amide bonds. The van der Waals surface area contributed by atoms with E-state index in [0.29, 0.717) is 5.11 Å². The first-order chi connectivity index (χ1) is 13.2. The van der Waals surface area contributed by atoms with Crippen LogP contribution in [0.25, 0.3) is 0 Å². The molecule has 2 aromatic carbocycles. The van der Waals surface area contributed by atoms with Crippen LogP contribution in [0.15, 0.2) is 48.5 Å². The molecule has 27 heavy (non-hydrogen) atoms. The summed E-state index contributed by atoms with van der Waals surface area (Å²) < 4.78 is 11.2. The summed E-state index contributed by atoms with van der Waals surface area (Å²) in [4.78, 5) is 2.20. The molecule has 4 nitrogen and oxygen atoms in total. The normalized spacial score (nSPS) is 16.1. The van der Waals surface area contributed by atoms with Crippen molar-refractivity contribution in [2.24, 2.45) is 0 Å². The molecular weight excluding hydrogens is 356 g/mol. The minimum Gasteiger partial charge on any atom is -0.497 e. The van der Waals surface area contributed by atoms with E-state index >= 15 is 0 Å². The van der Waals surface area contributed by atoms with Crippen molar-refractivity contribution in [1.82, 2.24) is 4.90 Å². The molecule has 0 aliphatic carbocycles. The lowest BCUT2D eigenvalue weighted by Gasteiger charge is -2.28. The fraction of sp³-hybridized carbons (Fsp3) is 0.409. The molecule has 1 N–H and O–H groups in total. The Morgan fingerprint density at radius 2 is 2.00 bits per heavy atom. The predicted octanol–water partition coefficient (Wildman–Crippen LogP) is 4.64. The Bertz CT molecular complexity index is 742. The number of benzene rings is 2. The quantitative estimate of drug-likeness (QED) is 0.704. The highest BCUT2D eigenvalue weighted by molar-refractivity contribution is 7.80. The lowest BCUT2D eigenvalue weighted by atomic mass is 10.1. The SMILES string of the molecule is CCc1ccc(CN(CC2CCCO2)C(=S)Nc2cccc(OC)c2)cc1. The van der Waals surface area contributed by atoms with E-state index < -0.39 is 0 Å². The molecular formula is C22H28N2O2S. The molecule has 144 valence electrons. The van der Waals surface area contributed by atoms with Crippen molar-refractivity contribution in [3.63, 3.8) is 0 Å². The Kier molecular flexibility index (Phi) is 7.07. The Balaban J connectivity index is 1.71. The topological polar surface area (TPSA) is 33.7 Å². The van der Waals surface area contributed by atoms with Crippen LogP contribution >= 0.6 is 12.2 Å². The van der Waals surface area contributed by atoms with Crippen molar-refractivity contribution >= 4 is 23.0 Å². The molecule has 0 saturated carbocycles. The van der Waals surface area contributed by atoms with Gasteiger partial charge in [-0.25, -0.2) is 0 Å². The molecule has 3 rings (SSSR count). The standard InChI is InChI=1S/C22H28N2O2S/c1-3-17-9-11-18(12-10-17)15-24(16-21-8-5-13-26-21)22(27)23-19-6-4-7-20(14-19)25-2/h4,6-7,9-12,14,21H,3,5,8,13,15-16H2,1-2H3,(H,23,27). The van der Waals surface area contributed by atoms with Crippen LogP contribution in [0.4, 0.5) is 5.69 Å². The molecule has 5 heteroatoms. The van der Waals surface area contributed by atoms with Crippen molar-refractivity contribution in [2.45, 2.75) is 38.8 Å². The van der Waals surface area contributed by atoms with Crippen LogP contribution in [-0.2, 0) is 17.7 Å². The van der Waals surface area contributed by atoms with Crippen LogP contribution in [-0.4, -0.2) is 36.4 Å². The van der Waals surface area contributed by atoms with Gasteiger partial charge in [0.15, 0.2) is 5.11 Å². The van der Waals surface area contributed by atoms with Gasteiger partial charge < -0.3 is 19.7 Å². The number of hydrogen-bond acceptors (Lipinski definition) is 3. The fourth-order valence-electron chi connectivity index (χ4n) is 3.26. The Hall–Kier alpha value is -2.11. The van der Waals surface area contributed by atoms with Gasteiger partial charge in [0.1, 0.15) is 5.75 Å². The molecule has 1 unspecified atom stereocenters. The maximum Gasteiger partial charge on any atom is 0.173 e. The van der Waals surface area contributed by atoms with Gasteiger partial charge in [0.25, 0.3) is 0 Å². The van der Waals surface area contributed by atoms with Gasteiger partial charge >= 0.3 is 0 Å². The summed E-state index contributed by atoms with van der Waals surface area (Å²) in [6.45, 7) is 4.58. The third-order valence-electron chi connectivity index (χ3n) is 4.86. The molecule has 1 atom stereocenters. The van der Waals surface area contributed by atoms with Gasteiger partial charge in [0, 0.05) is 31.5 Å². The molecule has 1 aliphatic rings.